The summed E-state index contributed by atoms with van der Waals surface area (Å²) in [6.07, 6.45) is 5.37. The van der Waals surface area contributed by atoms with Crippen LogP contribution in [-0.2, 0) is 10.2 Å². The molecule has 0 atom stereocenters. The lowest BCUT2D eigenvalue weighted by molar-refractivity contribution is -0.126. The fraction of sp³-hybridized carbons (Fsp3) is 0.391. The third-order valence-electron chi connectivity index (χ3n) is 5.88. The SMILES string of the molecule is Cc1cc(C)n(-c2cc(NCCNC(=O)C3(c4ccc(Cl)cc4)CCCC3)ncn2)n1. The number of anilines is 1. The molecule has 31 heavy (non-hydrogen) atoms. The van der Waals surface area contributed by atoms with Gasteiger partial charge in [0.2, 0.25) is 5.91 Å². The Morgan fingerprint density at radius 3 is 2.52 bits per heavy atom. The Balaban J connectivity index is 1.36. The summed E-state index contributed by atoms with van der Waals surface area (Å²) in [5, 5.41) is 11.5. The molecule has 1 amide bonds. The topological polar surface area (TPSA) is 84.7 Å². The van der Waals surface area contributed by atoms with E-state index in [1.807, 2.05) is 50.2 Å². The Kier molecular flexibility index (Phi) is 6.23. The fourth-order valence-electron chi connectivity index (χ4n) is 4.35. The monoisotopic (exact) mass is 438 g/mol. The van der Waals surface area contributed by atoms with E-state index in [2.05, 4.69) is 25.7 Å². The van der Waals surface area contributed by atoms with Gasteiger partial charge in [-0.3, -0.25) is 4.79 Å². The van der Waals surface area contributed by atoms with E-state index < -0.39 is 5.41 Å². The quantitative estimate of drug-likeness (QED) is 0.545. The lowest BCUT2D eigenvalue weighted by Crippen LogP contribution is -2.44. The lowest BCUT2D eigenvalue weighted by atomic mass is 9.78. The van der Waals surface area contributed by atoms with Gasteiger partial charge >= 0.3 is 0 Å². The normalized spacial score (nSPS) is 15.1. The van der Waals surface area contributed by atoms with E-state index in [1.165, 1.54) is 6.33 Å². The number of amides is 1. The molecule has 0 bridgehead atoms. The Bertz CT molecular complexity index is 1060. The molecule has 1 saturated carbocycles. The number of aromatic nitrogens is 4. The highest BCUT2D eigenvalue weighted by Crippen LogP contribution is 2.41. The van der Waals surface area contributed by atoms with Gasteiger partial charge in [-0.1, -0.05) is 36.6 Å². The minimum atomic E-state index is -0.456. The second-order valence-electron chi connectivity index (χ2n) is 8.08. The summed E-state index contributed by atoms with van der Waals surface area (Å²) in [5.41, 5.74) is 2.54. The third-order valence-corrected chi connectivity index (χ3v) is 6.14. The van der Waals surface area contributed by atoms with Gasteiger partial charge in [0.25, 0.3) is 0 Å². The number of carbonyl (C=O) groups excluding carboxylic acids is 1. The zero-order valence-corrected chi connectivity index (χ0v) is 18.6. The van der Waals surface area contributed by atoms with Crippen molar-refractivity contribution in [3.05, 3.63) is 64.7 Å². The van der Waals surface area contributed by atoms with Crippen LogP contribution >= 0.6 is 11.6 Å². The molecule has 2 aromatic heterocycles. The summed E-state index contributed by atoms with van der Waals surface area (Å²) in [4.78, 5) is 21.7. The van der Waals surface area contributed by atoms with Crippen LogP contribution in [0, 0.1) is 13.8 Å². The van der Waals surface area contributed by atoms with E-state index >= 15 is 0 Å². The maximum atomic E-state index is 13.1. The van der Waals surface area contributed by atoms with Gasteiger partial charge in [-0.25, -0.2) is 14.6 Å². The average Bonchev–Trinajstić information content (AvgIpc) is 3.39. The van der Waals surface area contributed by atoms with Crippen LogP contribution in [0.2, 0.25) is 5.02 Å². The molecular weight excluding hydrogens is 412 g/mol. The molecule has 0 radical (unpaired) electrons. The predicted molar refractivity (Wildman–Crippen MR) is 122 cm³/mol. The molecule has 8 heteroatoms. The van der Waals surface area contributed by atoms with Gasteiger partial charge in [0.1, 0.15) is 12.1 Å². The summed E-state index contributed by atoms with van der Waals surface area (Å²) >= 11 is 6.04. The van der Waals surface area contributed by atoms with Gasteiger partial charge in [-0.15, -0.1) is 0 Å². The molecule has 7 nitrogen and oxygen atoms in total. The average molecular weight is 439 g/mol. The molecule has 1 aromatic carbocycles. The number of aryl methyl sites for hydroxylation is 2. The van der Waals surface area contributed by atoms with Crippen molar-refractivity contribution in [2.75, 3.05) is 18.4 Å². The summed E-state index contributed by atoms with van der Waals surface area (Å²) in [6.45, 7) is 5.02. The Hall–Kier alpha value is -2.93. The Labute approximate surface area is 187 Å². The fourth-order valence-corrected chi connectivity index (χ4v) is 4.48. The second-order valence-corrected chi connectivity index (χ2v) is 8.52. The first kappa shape index (κ1) is 21.3. The molecule has 1 aliphatic rings. The first-order valence-corrected chi connectivity index (χ1v) is 11.0. The van der Waals surface area contributed by atoms with Gasteiger partial charge in [0.15, 0.2) is 5.82 Å². The predicted octanol–water partition coefficient (Wildman–Crippen LogP) is 3.97. The summed E-state index contributed by atoms with van der Waals surface area (Å²) in [7, 11) is 0. The summed E-state index contributed by atoms with van der Waals surface area (Å²) in [6, 6.07) is 11.5. The minimum absolute atomic E-state index is 0.0835. The minimum Gasteiger partial charge on any atom is -0.368 e. The van der Waals surface area contributed by atoms with Crippen molar-refractivity contribution in [3.8, 4) is 5.82 Å². The number of nitrogens with one attached hydrogen (secondary N) is 2. The Morgan fingerprint density at radius 1 is 1.10 bits per heavy atom. The number of nitrogens with zero attached hydrogens (tertiary/aromatic N) is 4. The molecule has 0 unspecified atom stereocenters. The lowest BCUT2D eigenvalue weighted by Gasteiger charge is -2.28. The maximum Gasteiger partial charge on any atom is 0.230 e. The van der Waals surface area contributed by atoms with Crippen LogP contribution in [-0.4, -0.2) is 38.7 Å². The standard InChI is InChI=1S/C23H27ClN6O/c1-16-13-17(2)30(29-16)21-14-20(27-15-28-21)25-11-12-26-22(31)23(9-3-4-10-23)18-5-7-19(24)8-6-18/h5-8,13-15H,3-4,9-12H2,1-2H3,(H,26,31)(H,25,27,28). The van der Waals surface area contributed by atoms with Gasteiger partial charge in [0.05, 0.1) is 11.1 Å². The van der Waals surface area contributed by atoms with Crippen LogP contribution in [0.1, 0.15) is 42.6 Å². The van der Waals surface area contributed by atoms with Crippen LogP contribution in [0.3, 0.4) is 0 Å². The first-order chi connectivity index (χ1) is 15.0. The highest BCUT2D eigenvalue weighted by atomic mass is 35.5. The molecule has 0 saturated heterocycles. The van der Waals surface area contributed by atoms with E-state index in [-0.39, 0.29) is 5.91 Å². The highest BCUT2D eigenvalue weighted by Gasteiger charge is 2.42. The zero-order chi connectivity index (χ0) is 21.8. The van der Waals surface area contributed by atoms with Crippen molar-refractivity contribution in [2.24, 2.45) is 0 Å². The smallest absolute Gasteiger partial charge is 0.230 e. The first-order valence-electron chi connectivity index (χ1n) is 10.6. The molecule has 2 heterocycles. The highest BCUT2D eigenvalue weighted by molar-refractivity contribution is 6.30. The van der Waals surface area contributed by atoms with Crippen molar-refractivity contribution >= 4 is 23.3 Å². The molecule has 0 aliphatic heterocycles. The van der Waals surface area contributed by atoms with Crippen LogP contribution in [0.5, 0.6) is 0 Å². The molecule has 162 valence electrons. The number of rotatable bonds is 7. The molecule has 1 fully saturated rings. The molecule has 0 spiro atoms. The number of hydrogen-bond donors (Lipinski definition) is 2. The van der Waals surface area contributed by atoms with Gasteiger partial charge in [-0.05, 0) is 50.5 Å². The second kappa shape index (κ2) is 9.06. The van der Waals surface area contributed by atoms with Crippen molar-refractivity contribution in [1.29, 1.82) is 0 Å². The third kappa shape index (κ3) is 4.56. The molecular formula is C23H27ClN6O. The van der Waals surface area contributed by atoms with E-state index in [1.54, 1.807) is 4.68 Å². The number of benzene rings is 1. The van der Waals surface area contributed by atoms with Crippen molar-refractivity contribution in [2.45, 2.75) is 44.9 Å². The molecule has 2 N–H and O–H groups in total. The zero-order valence-electron chi connectivity index (χ0n) is 17.9. The molecule has 1 aliphatic carbocycles. The largest absolute Gasteiger partial charge is 0.368 e. The van der Waals surface area contributed by atoms with Crippen LogP contribution < -0.4 is 10.6 Å². The summed E-state index contributed by atoms with van der Waals surface area (Å²) in [5.74, 6) is 1.49. The van der Waals surface area contributed by atoms with E-state index in [0.29, 0.717) is 29.7 Å². The van der Waals surface area contributed by atoms with Gasteiger partial charge in [0, 0.05) is 29.9 Å². The van der Waals surface area contributed by atoms with Crippen LogP contribution in [0.15, 0.2) is 42.7 Å². The number of halogens is 1. The maximum absolute atomic E-state index is 13.1. The van der Waals surface area contributed by atoms with E-state index in [9.17, 15) is 4.79 Å². The van der Waals surface area contributed by atoms with Crippen molar-refractivity contribution < 1.29 is 4.79 Å². The van der Waals surface area contributed by atoms with Crippen LogP contribution in [0.25, 0.3) is 5.82 Å². The van der Waals surface area contributed by atoms with Gasteiger partial charge in [-0.2, -0.15) is 5.10 Å². The van der Waals surface area contributed by atoms with E-state index in [0.717, 1.165) is 42.6 Å². The van der Waals surface area contributed by atoms with Crippen molar-refractivity contribution in [1.82, 2.24) is 25.1 Å². The van der Waals surface area contributed by atoms with Crippen molar-refractivity contribution in [3.63, 3.8) is 0 Å². The number of hydrogen-bond acceptors (Lipinski definition) is 5. The Morgan fingerprint density at radius 2 is 1.84 bits per heavy atom. The van der Waals surface area contributed by atoms with E-state index in [4.69, 9.17) is 11.6 Å². The summed E-state index contributed by atoms with van der Waals surface area (Å²) < 4.78 is 1.79. The van der Waals surface area contributed by atoms with Crippen LogP contribution in [0.4, 0.5) is 5.82 Å². The molecule has 3 aromatic rings. The van der Waals surface area contributed by atoms with Gasteiger partial charge < -0.3 is 10.6 Å². The molecule has 4 rings (SSSR count). The number of carbonyl (C=O) groups is 1.